The summed E-state index contributed by atoms with van der Waals surface area (Å²) < 4.78 is 0. The average molecular weight is 220 g/mol. The summed E-state index contributed by atoms with van der Waals surface area (Å²) in [6, 6.07) is 8.79. The van der Waals surface area contributed by atoms with Crippen molar-refractivity contribution in [2.45, 2.75) is 32.3 Å². The van der Waals surface area contributed by atoms with Crippen LogP contribution in [-0.4, -0.2) is 19.2 Å². The van der Waals surface area contributed by atoms with E-state index in [4.69, 9.17) is 10.7 Å². The minimum Gasteiger partial charge on any atom is -0.369 e. The lowest BCUT2D eigenvalue weighted by Crippen LogP contribution is -2.24. The smallest absolute Gasteiger partial charge is 0.0978 e. The van der Waals surface area contributed by atoms with Gasteiger partial charge >= 0.3 is 0 Å². The fourth-order valence-electron chi connectivity index (χ4n) is 2.14. The molecule has 3 heteroatoms. The Balaban J connectivity index is 2.05. The van der Waals surface area contributed by atoms with Crippen LogP contribution in [0.3, 0.4) is 0 Å². The molecule has 88 valence electrons. The number of nitrogens with two attached hydrogens (primary N) is 1. The Morgan fingerprint density at radius 3 is 2.50 bits per heavy atom. The predicted octanol–water partition coefficient (Wildman–Crippen LogP) is 2.28. The highest BCUT2D eigenvalue weighted by Gasteiger charge is 2.22. The summed E-state index contributed by atoms with van der Waals surface area (Å²) in [6.07, 6.45) is 1.20. The van der Waals surface area contributed by atoms with Gasteiger partial charge in [0.05, 0.1) is 6.10 Å². The molecule has 1 aliphatic heterocycles. The molecule has 0 aliphatic carbocycles. The van der Waals surface area contributed by atoms with Crippen molar-refractivity contribution in [1.29, 1.82) is 0 Å². The molecule has 3 nitrogen and oxygen atoms in total. The minimum absolute atomic E-state index is 0.185. The zero-order chi connectivity index (χ0) is 11.5. The Hall–Kier alpha value is -1.06. The number of rotatable bonds is 3. The second-order valence-corrected chi connectivity index (χ2v) is 4.74. The van der Waals surface area contributed by atoms with Crippen molar-refractivity contribution < 1.29 is 4.84 Å². The number of nitrogens with zero attached hydrogens (tertiary/aromatic N) is 1. The first-order valence-corrected chi connectivity index (χ1v) is 5.91. The third-order valence-corrected chi connectivity index (χ3v) is 3.26. The molecule has 1 aromatic rings. The topological polar surface area (TPSA) is 38.5 Å². The second-order valence-electron chi connectivity index (χ2n) is 4.74. The summed E-state index contributed by atoms with van der Waals surface area (Å²) in [6.45, 7) is 6.35. The van der Waals surface area contributed by atoms with Gasteiger partial charge in [-0.15, -0.1) is 0 Å². The summed E-state index contributed by atoms with van der Waals surface area (Å²) in [5.41, 5.74) is 2.65. The van der Waals surface area contributed by atoms with E-state index >= 15 is 0 Å². The highest BCUT2D eigenvalue weighted by atomic mass is 16.6. The molecule has 1 unspecified atom stereocenters. The lowest BCUT2D eigenvalue weighted by molar-refractivity contribution is 0.0690. The van der Waals surface area contributed by atoms with Crippen LogP contribution in [0.15, 0.2) is 24.3 Å². The van der Waals surface area contributed by atoms with Crippen LogP contribution in [0, 0.1) is 0 Å². The standard InChI is InChI=1S/C13H20N2O/c1-10(2)11-3-5-12(6-4-11)15-8-7-13(9-15)16-14/h3-6,10,13H,7-9,14H2,1-2H3. The SMILES string of the molecule is CC(C)c1ccc(N2CCC(ON)C2)cc1. The average Bonchev–Trinajstić information content (AvgIpc) is 2.77. The molecular weight excluding hydrogens is 200 g/mol. The van der Waals surface area contributed by atoms with Gasteiger partial charge in [-0.05, 0) is 30.0 Å². The Bertz CT molecular complexity index is 334. The van der Waals surface area contributed by atoms with Crippen LogP contribution in [0.5, 0.6) is 0 Å². The Morgan fingerprint density at radius 1 is 1.31 bits per heavy atom. The number of hydrogen-bond acceptors (Lipinski definition) is 3. The Labute approximate surface area is 97.1 Å². The molecule has 2 N–H and O–H groups in total. The summed E-state index contributed by atoms with van der Waals surface area (Å²) in [5, 5.41) is 0. The van der Waals surface area contributed by atoms with Gasteiger partial charge in [0, 0.05) is 18.8 Å². The van der Waals surface area contributed by atoms with Crippen LogP contribution in [0.1, 0.15) is 31.7 Å². The van der Waals surface area contributed by atoms with Gasteiger partial charge in [0.25, 0.3) is 0 Å². The van der Waals surface area contributed by atoms with E-state index in [9.17, 15) is 0 Å². The largest absolute Gasteiger partial charge is 0.369 e. The van der Waals surface area contributed by atoms with Gasteiger partial charge < -0.3 is 4.90 Å². The molecular formula is C13H20N2O. The van der Waals surface area contributed by atoms with E-state index in [0.717, 1.165) is 19.5 Å². The monoisotopic (exact) mass is 220 g/mol. The van der Waals surface area contributed by atoms with E-state index in [2.05, 4.69) is 43.0 Å². The Morgan fingerprint density at radius 2 is 2.00 bits per heavy atom. The molecule has 16 heavy (non-hydrogen) atoms. The first-order valence-electron chi connectivity index (χ1n) is 5.91. The van der Waals surface area contributed by atoms with Crippen molar-refractivity contribution in [2.75, 3.05) is 18.0 Å². The van der Waals surface area contributed by atoms with Crippen molar-refractivity contribution in [3.05, 3.63) is 29.8 Å². The molecule has 1 aliphatic rings. The van der Waals surface area contributed by atoms with Crippen molar-refractivity contribution in [1.82, 2.24) is 0 Å². The Kier molecular flexibility index (Phi) is 3.46. The molecule has 0 bridgehead atoms. The van der Waals surface area contributed by atoms with Crippen LogP contribution < -0.4 is 10.8 Å². The minimum atomic E-state index is 0.185. The maximum absolute atomic E-state index is 5.21. The van der Waals surface area contributed by atoms with Gasteiger partial charge in [-0.1, -0.05) is 26.0 Å². The van der Waals surface area contributed by atoms with Crippen LogP contribution >= 0.6 is 0 Å². The fourth-order valence-corrected chi connectivity index (χ4v) is 2.14. The zero-order valence-electron chi connectivity index (χ0n) is 10.0. The van der Waals surface area contributed by atoms with Crippen molar-refractivity contribution in [2.24, 2.45) is 5.90 Å². The van der Waals surface area contributed by atoms with E-state index < -0.39 is 0 Å². The molecule has 0 saturated carbocycles. The molecule has 0 spiro atoms. The van der Waals surface area contributed by atoms with E-state index in [0.29, 0.717) is 5.92 Å². The van der Waals surface area contributed by atoms with Crippen molar-refractivity contribution in [3.63, 3.8) is 0 Å². The lowest BCUT2D eigenvalue weighted by Gasteiger charge is -2.19. The maximum Gasteiger partial charge on any atom is 0.0978 e. The van der Waals surface area contributed by atoms with Gasteiger partial charge in [-0.2, -0.15) is 0 Å². The molecule has 0 amide bonds. The number of anilines is 1. The molecule has 0 radical (unpaired) electrons. The van der Waals surface area contributed by atoms with E-state index in [1.54, 1.807) is 0 Å². The fraction of sp³-hybridized carbons (Fsp3) is 0.538. The zero-order valence-corrected chi connectivity index (χ0v) is 10.0. The highest BCUT2D eigenvalue weighted by Crippen LogP contribution is 2.23. The van der Waals surface area contributed by atoms with E-state index in [1.165, 1.54) is 11.3 Å². The van der Waals surface area contributed by atoms with Gasteiger partial charge in [0.1, 0.15) is 0 Å². The number of benzene rings is 1. The first kappa shape index (κ1) is 11.4. The number of hydrogen-bond donors (Lipinski definition) is 1. The van der Waals surface area contributed by atoms with Crippen LogP contribution in [0.25, 0.3) is 0 Å². The summed E-state index contributed by atoms with van der Waals surface area (Å²) in [4.78, 5) is 7.20. The van der Waals surface area contributed by atoms with Gasteiger partial charge in [0.2, 0.25) is 0 Å². The quantitative estimate of drug-likeness (QED) is 0.794. The van der Waals surface area contributed by atoms with Gasteiger partial charge in [0.15, 0.2) is 0 Å². The predicted molar refractivity (Wildman–Crippen MR) is 66.4 cm³/mol. The molecule has 1 heterocycles. The second kappa shape index (κ2) is 4.85. The van der Waals surface area contributed by atoms with E-state index in [1.807, 2.05) is 0 Å². The molecule has 1 atom stereocenters. The third-order valence-electron chi connectivity index (χ3n) is 3.26. The lowest BCUT2D eigenvalue weighted by atomic mass is 10.0. The summed E-state index contributed by atoms with van der Waals surface area (Å²) in [7, 11) is 0. The summed E-state index contributed by atoms with van der Waals surface area (Å²) in [5.74, 6) is 5.80. The van der Waals surface area contributed by atoms with Gasteiger partial charge in [-0.3, -0.25) is 4.84 Å². The molecule has 1 saturated heterocycles. The normalized spacial score (nSPS) is 20.8. The molecule has 1 aromatic carbocycles. The first-order chi connectivity index (χ1) is 7.70. The van der Waals surface area contributed by atoms with Crippen LogP contribution in [0.4, 0.5) is 5.69 Å². The third kappa shape index (κ3) is 2.36. The summed E-state index contributed by atoms with van der Waals surface area (Å²) >= 11 is 0. The van der Waals surface area contributed by atoms with E-state index in [-0.39, 0.29) is 6.10 Å². The molecule has 0 aromatic heterocycles. The van der Waals surface area contributed by atoms with Gasteiger partial charge in [-0.25, -0.2) is 5.90 Å². The van der Waals surface area contributed by atoms with Crippen LogP contribution in [-0.2, 0) is 4.84 Å². The molecule has 2 rings (SSSR count). The van der Waals surface area contributed by atoms with Crippen molar-refractivity contribution in [3.8, 4) is 0 Å². The maximum atomic E-state index is 5.21. The molecule has 1 fully saturated rings. The highest BCUT2D eigenvalue weighted by molar-refractivity contribution is 5.49. The van der Waals surface area contributed by atoms with Crippen molar-refractivity contribution >= 4 is 5.69 Å². The van der Waals surface area contributed by atoms with Crippen LogP contribution in [0.2, 0.25) is 0 Å².